The molecule has 23 heavy (non-hydrogen) atoms. The van der Waals surface area contributed by atoms with Crippen LogP contribution in [0.3, 0.4) is 0 Å². The van der Waals surface area contributed by atoms with Crippen molar-refractivity contribution in [3.63, 3.8) is 0 Å². The first-order chi connectivity index (χ1) is 11.1. The van der Waals surface area contributed by atoms with Crippen molar-refractivity contribution in [2.75, 3.05) is 4.90 Å². The number of anilines is 1. The summed E-state index contributed by atoms with van der Waals surface area (Å²) in [7, 11) is 0. The second kappa shape index (κ2) is 4.74. The van der Waals surface area contributed by atoms with Crippen molar-refractivity contribution in [1.82, 2.24) is 4.98 Å². The summed E-state index contributed by atoms with van der Waals surface area (Å²) in [6.07, 6.45) is 1.67. The number of para-hydroxylation sites is 1. The minimum Gasteiger partial charge on any atom is -0.268 e. The van der Waals surface area contributed by atoms with Crippen molar-refractivity contribution in [2.45, 2.75) is 13.8 Å². The van der Waals surface area contributed by atoms with Gasteiger partial charge in [-0.3, -0.25) is 14.6 Å². The Kier molecular flexibility index (Phi) is 2.81. The number of aromatic nitrogens is 1. The van der Waals surface area contributed by atoms with Crippen molar-refractivity contribution in [3.8, 4) is 0 Å². The Hall–Kier alpha value is -3.01. The van der Waals surface area contributed by atoms with E-state index in [9.17, 15) is 9.59 Å². The highest BCUT2D eigenvalue weighted by Gasteiger charge is 2.39. The molecule has 1 aliphatic rings. The van der Waals surface area contributed by atoms with Gasteiger partial charge in [0.15, 0.2) is 0 Å². The first kappa shape index (κ1) is 13.6. The third-order valence-corrected chi connectivity index (χ3v) is 4.31. The third-order valence-electron chi connectivity index (χ3n) is 4.31. The molecule has 0 N–H and O–H groups in total. The van der Waals surface area contributed by atoms with Crippen LogP contribution in [0.25, 0.3) is 10.9 Å². The normalized spacial score (nSPS) is 13.7. The molecule has 1 aromatic heterocycles. The number of imide groups is 1. The topological polar surface area (TPSA) is 50.3 Å². The summed E-state index contributed by atoms with van der Waals surface area (Å²) < 4.78 is 0. The van der Waals surface area contributed by atoms with E-state index in [0.717, 1.165) is 16.5 Å². The second-order valence-electron chi connectivity index (χ2n) is 5.75. The first-order valence-corrected chi connectivity index (χ1v) is 7.42. The molecule has 2 aromatic carbocycles. The van der Waals surface area contributed by atoms with E-state index in [2.05, 4.69) is 4.98 Å². The van der Waals surface area contributed by atoms with E-state index in [1.165, 1.54) is 4.90 Å². The van der Waals surface area contributed by atoms with Gasteiger partial charge < -0.3 is 0 Å². The van der Waals surface area contributed by atoms with Crippen LogP contribution in [0.5, 0.6) is 0 Å². The molecule has 0 radical (unpaired) electrons. The number of hydrogen-bond donors (Lipinski definition) is 0. The number of carbonyl (C=O) groups is 2. The summed E-state index contributed by atoms with van der Waals surface area (Å²) >= 11 is 0. The second-order valence-corrected chi connectivity index (χ2v) is 5.75. The molecule has 0 bridgehead atoms. The maximum Gasteiger partial charge on any atom is 0.266 e. The van der Waals surface area contributed by atoms with Gasteiger partial charge in [-0.2, -0.15) is 0 Å². The third kappa shape index (κ3) is 1.81. The summed E-state index contributed by atoms with van der Waals surface area (Å²) in [5.74, 6) is -0.547. The lowest BCUT2D eigenvalue weighted by Gasteiger charge is -2.15. The van der Waals surface area contributed by atoms with Crippen LogP contribution in [0.15, 0.2) is 48.7 Å². The molecule has 4 heteroatoms. The number of carbonyl (C=O) groups excluding carboxylic acids is 2. The first-order valence-electron chi connectivity index (χ1n) is 7.42. The highest BCUT2D eigenvalue weighted by Crippen LogP contribution is 2.35. The molecule has 0 fully saturated rings. The highest BCUT2D eigenvalue weighted by molar-refractivity contribution is 6.36. The molecule has 0 unspecified atom stereocenters. The van der Waals surface area contributed by atoms with E-state index in [1.807, 2.05) is 50.2 Å². The maximum absolute atomic E-state index is 12.9. The van der Waals surface area contributed by atoms with Gasteiger partial charge in [0.2, 0.25) is 0 Å². The van der Waals surface area contributed by atoms with E-state index in [-0.39, 0.29) is 11.8 Å². The number of benzene rings is 2. The van der Waals surface area contributed by atoms with Crippen LogP contribution in [-0.4, -0.2) is 16.8 Å². The minimum atomic E-state index is -0.274. The van der Waals surface area contributed by atoms with Gasteiger partial charge in [-0.1, -0.05) is 30.3 Å². The average Bonchev–Trinajstić information content (AvgIpc) is 2.83. The fraction of sp³-hybridized carbons (Fsp3) is 0.105. The van der Waals surface area contributed by atoms with Crippen LogP contribution in [0.2, 0.25) is 0 Å². The van der Waals surface area contributed by atoms with Gasteiger partial charge in [-0.15, -0.1) is 0 Å². The Balaban J connectivity index is 1.98. The molecule has 2 heterocycles. The molecule has 112 valence electrons. The number of amides is 2. The molecule has 4 nitrogen and oxygen atoms in total. The molecule has 3 aromatic rings. The lowest BCUT2D eigenvalue weighted by atomic mass is 9.99. The number of aryl methyl sites for hydroxylation is 2. The molecule has 0 saturated heterocycles. The molecular weight excluding hydrogens is 288 g/mol. The summed E-state index contributed by atoms with van der Waals surface area (Å²) in [5.41, 5.74) is 3.83. The lowest BCUT2D eigenvalue weighted by Crippen LogP contribution is -2.29. The fourth-order valence-electron chi connectivity index (χ4n) is 3.17. The van der Waals surface area contributed by atoms with Crippen LogP contribution in [-0.2, 0) is 0 Å². The summed E-state index contributed by atoms with van der Waals surface area (Å²) in [6, 6.07) is 13.0. The number of rotatable bonds is 1. The van der Waals surface area contributed by atoms with Crippen LogP contribution < -0.4 is 4.90 Å². The standard InChI is InChI=1S/C19H14N2O2/c1-11-8-9-12(2)16-15(11)18(22)21(19(16)23)14-7-3-5-13-6-4-10-20-17(13)14/h3-10H,1-2H3. The molecule has 4 rings (SSSR count). The van der Waals surface area contributed by atoms with Gasteiger partial charge in [0, 0.05) is 11.6 Å². The molecule has 0 atom stereocenters. The SMILES string of the molecule is Cc1ccc(C)c2c1C(=O)N(c1cccc3cccnc13)C2=O. The Morgan fingerprint density at radius 3 is 2.09 bits per heavy atom. The molecular formula is C19H14N2O2. The minimum absolute atomic E-state index is 0.274. The predicted molar refractivity (Wildman–Crippen MR) is 88.8 cm³/mol. The van der Waals surface area contributed by atoms with E-state index in [0.29, 0.717) is 22.3 Å². The Labute approximate surface area is 133 Å². The molecule has 1 aliphatic heterocycles. The zero-order valence-corrected chi connectivity index (χ0v) is 12.8. The Bertz CT molecular complexity index is 946. The maximum atomic E-state index is 12.9. The van der Waals surface area contributed by atoms with Crippen LogP contribution in [0.4, 0.5) is 5.69 Å². The van der Waals surface area contributed by atoms with Crippen molar-refractivity contribution < 1.29 is 9.59 Å². The van der Waals surface area contributed by atoms with Gasteiger partial charge >= 0.3 is 0 Å². The van der Waals surface area contributed by atoms with Gasteiger partial charge in [0.1, 0.15) is 0 Å². The van der Waals surface area contributed by atoms with Gasteiger partial charge in [-0.05, 0) is 37.1 Å². The number of pyridine rings is 1. The molecule has 0 spiro atoms. The van der Waals surface area contributed by atoms with E-state index in [1.54, 1.807) is 12.3 Å². The summed E-state index contributed by atoms with van der Waals surface area (Å²) in [5, 5.41) is 0.898. The molecule has 2 amide bonds. The van der Waals surface area contributed by atoms with Crippen LogP contribution >= 0.6 is 0 Å². The van der Waals surface area contributed by atoms with E-state index >= 15 is 0 Å². The van der Waals surface area contributed by atoms with E-state index in [4.69, 9.17) is 0 Å². The number of nitrogens with zero attached hydrogens (tertiary/aromatic N) is 2. The largest absolute Gasteiger partial charge is 0.268 e. The predicted octanol–water partition coefficient (Wildman–Crippen LogP) is 3.65. The van der Waals surface area contributed by atoms with Gasteiger partial charge in [0.25, 0.3) is 11.8 Å². The summed E-state index contributed by atoms with van der Waals surface area (Å²) in [6.45, 7) is 3.71. The van der Waals surface area contributed by atoms with E-state index < -0.39 is 0 Å². The average molecular weight is 302 g/mol. The number of fused-ring (bicyclic) bond motifs is 2. The Morgan fingerprint density at radius 1 is 0.826 bits per heavy atom. The van der Waals surface area contributed by atoms with Crippen LogP contribution in [0.1, 0.15) is 31.8 Å². The monoisotopic (exact) mass is 302 g/mol. The van der Waals surface area contributed by atoms with Crippen molar-refractivity contribution in [1.29, 1.82) is 0 Å². The highest BCUT2D eigenvalue weighted by atomic mass is 16.2. The van der Waals surface area contributed by atoms with Crippen molar-refractivity contribution in [3.05, 3.63) is 70.9 Å². The van der Waals surface area contributed by atoms with Gasteiger partial charge in [0.05, 0.1) is 22.3 Å². The smallest absolute Gasteiger partial charge is 0.266 e. The van der Waals surface area contributed by atoms with Crippen molar-refractivity contribution in [2.24, 2.45) is 0 Å². The lowest BCUT2D eigenvalue weighted by molar-refractivity contribution is 0.0926. The van der Waals surface area contributed by atoms with Crippen LogP contribution in [0, 0.1) is 13.8 Å². The molecule has 0 aliphatic carbocycles. The molecule has 0 saturated carbocycles. The quantitative estimate of drug-likeness (QED) is 0.645. The Morgan fingerprint density at radius 2 is 1.43 bits per heavy atom. The fourth-order valence-corrected chi connectivity index (χ4v) is 3.17. The number of hydrogen-bond acceptors (Lipinski definition) is 3. The van der Waals surface area contributed by atoms with Gasteiger partial charge in [-0.25, -0.2) is 4.90 Å². The van der Waals surface area contributed by atoms with Crippen molar-refractivity contribution >= 4 is 28.4 Å². The zero-order valence-electron chi connectivity index (χ0n) is 12.8. The zero-order chi connectivity index (χ0) is 16.1. The summed E-state index contributed by atoms with van der Waals surface area (Å²) in [4.78, 5) is 31.4.